The van der Waals surface area contributed by atoms with Gasteiger partial charge >= 0.3 is 6.03 Å². The molecular weight excluding hydrogens is 290 g/mol. The van der Waals surface area contributed by atoms with E-state index in [1.54, 1.807) is 12.1 Å². The summed E-state index contributed by atoms with van der Waals surface area (Å²) in [4.78, 5) is 13.1. The number of benzene rings is 1. The van der Waals surface area contributed by atoms with Crippen LogP contribution in [0.1, 0.15) is 19.4 Å². The molecule has 118 valence electrons. The van der Waals surface area contributed by atoms with Gasteiger partial charge in [0.25, 0.3) is 10.0 Å². The van der Waals surface area contributed by atoms with Crippen LogP contribution in [0.4, 0.5) is 4.79 Å². The zero-order valence-electron chi connectivity index (χ0n) is 12.8. The Morgan fingerprint density at radius 3 is 2.24 bits per heavy atom. The van der Waals surface area contributed by atoms with Gasteiger partial charge in [0, 0.05) is 0 Å². The lowest BCUT2D eigenvalue weighted by Crippen LogP contribution is -3.12. The highest BCUT2D eigenvalue weighted by Gasteiger charge is 2.17. The van der Waals surface area contributed by atoms with Crippen LogP contribution < -0.4 is 14.9 Å². The van der Waals surface area contributed by atoms with Crippen molar-refractivity contribution in [1.82, 2.24) is 10.0 Å². The van der Waals surface area contributed by atoms with Crippen LogP contribution in [0.25, 0.3) is 0 Å². The summed E-state index contributed by atoms with van der Waals surface area (Å²) in [6.45, 7) is 9.16. The van der Waals surface area contributed by atoms with Crippen LogP contribution in [0.3, 0.4) is 0 Å². The van der Waals surface area contributed by atoms with Gasteiger partial charge in [0.1, 0.15) is 0 Å². The van der Waals surface area contributed by atoms with Gasteiger partial charge in [0.2, 0.25) is 0 Å². The van der Waals surface area contributed by atoms with Crippen molar-refractivity contribution >= 4 is 16.1 Å². The molecule has 0 radical (unpaired) electrons. The SMILES string of the molecule is CC[NH+](CC)CCNC(=O)NS(=O)(=O)c1ccc(C)cc1. The minimum atomic E-state index is -3.81. The maximum atomic E-state index is 12.0. The predicted molar refractivity (Wildman–Crippen MR) is 81.8 cm³/mol. The molecule has 1 rings (SSSR count). The van der Waals surface area contributed by atoms with E-state index in [9.17, 15) is 13.2 Å². The number of amides is 2. The lowest BCUT2D eigenvalue weighted by atomic mass is 10.2. The van der Waals surface area contributed by atoms with Crippen LogP contribution in [0.15, 0.2) is 29.2 Å². The van der Waals surface area contributed by atoms with Crippen molar-refractivity contribution in [3.05, 3.63) is 29.8 Å². The minimum Gasteiger partial charge on any atom is -0.334 e. The first-order chi connectivity index (χ1) is 9.89. The quantitative estimate of drug-likeness (QED) is 0.658. The number of hydrogen-bond acceptors (Lipinski definition) is 3. The van der Waals surface area contributed by atoms with E-state index < -0.39 is 16.1 Å². The van der Waals surface area contributed by atoms with E-state index in [4.69, 9.17) is 0 Å². The molecule has 0 aliphatic rings. The molecular formula is C14H24N3O3S+. The molecule has 0 aromatic heterocycles. The van der Waals surface area contributed by atoms with Gasteiger partial charge in [-0.05, 0) is 32.9 Å². The molecule has 6 nitrogen and oxygen atoms in total. The summed E-state index contributed by atoms with van der Waals surface area (Å²) in [5, 5.41) is 2.57. The van der Waals surface area contributed by atoms with Gasteiger partial charge in [-0.25, -0.2) is 17.9 Å². The second-order valence-electron chi connectivity index (χ2n) is 4.88. The summed E-state index contributed by atoms with van der Waals surface area (Å²) in [5.74, 6) is 0. The fourth-order valence-electron chi connectivity index (χ4n) is 1.89. The molecule has 0 atom stereocenters. The molecule has 1 aromatic carbocycles. The van der Waals surface area contributed by atoms with E-state index in [0.717, 1.165) is 25.2 Å². The molecule has 7 heteroatoms. The molecule has 2 amide bonds. The summed E-state index contributed by atoms with van der Waals surface area (Å²) in [6.07, 6.45) is 0. The molecule has 0 unspecified atom stereocenters. The van der Waals surface area contributed by atoms with E-state index in [1.807, 2.05) is 11.6 Å². The van der Waals surface area contributed by atoms with Crippen molar-refractivity contribution in [2.24, 2.45) is 0 Å². The van der Waals surface area contributed by atoms with Crippen molar-refractivity contribution in [2.45, 2.75) is 25.7 Å². The number of carbonyl (C=O) groups excluding carboxylic acids is 1. The molecule has 0 aliphatic heterocycles. The maximum absolute atomic E-state index is 12.0. The van der Waals surface area contributed by atoms with Crippen molar-refractivity contribution in [3.63, 3.8) is 0 Å². The first-order valence-electron chi connectivity index (χ1n) is 7.10. The third-order valence-corrected chi connectivity index (χ3v) is 4.67. The summed E-state index contributed by atoms with van der Waals surface area (Å²) >= 11 is 0. The Morgan fingerprint density at radius 1 is 1.14 bits per heavy atom. The Bertz CT molecular complexity index is 551. The largest absolute Gasteiger partial charge is 0.334 e. The standard InChI is InChI=1S/C14H23N3O3S/c1-4-17(5-2)11-10-15-14(18)16-21(19,20)13-8-6-12(3)7-9-13/h6-9H,4-5,10-11H2,1-3H3,(H2,15,16,18)/p+1. The van der Waals surface area contributed by atoms with Crippen molar-refractivity contribution in [1.29, 1.82) is 0 Å². The highest BCUT2D eigenvalue weighted by Crippen LogP contribution is 2.09. The van der Waals surface area contributed by atoms with Gasteiger partial charge in [-0.3, -0.25) is 0 Å². The summed E-state index contributed by atoms with van der Waals surface area (Å²) in [7, 11) is -3.81. The fourth-order valence-corrected chi connectivity index (χ4v) is 2.82. The molecule has 0 spiro atoms. The van der Waals surface area contributed by atoms with E-state index in [2.05, 4.69) is 19.2 Å². The Hall–Kier alpha value is -1.60. The zero-order chi connectivity index (χ0) is 15.9. The van der Waals surface area contributed by atoms with Gasteiger partial charge in [-0.1, -0.05) is 17.7 Å². The molecule has 3 N–H and O–H groups in total. The third-order valence-electron chi connectivity index (χ3n) is 3.32. The van der Waals surface area contributed by atoms with Gasteiger partial charge in [-0.15, -0.1) is 0 Å². The van der Waals surface area contributed by atoms with Gasteiger partial charge in [0.05, 0.1) is 31.1 Å². The van der Waals surface area contributed by atoms with E-state index in [-0.39, 0.29) is 4.90 Å². The van der Waals surface area contributed by atoms with Gasteiger partial charge in [-0.2, -0.15) is 0 Å². The van der Waals surface area contributed by atoms with E-state index in [1.165, 1.54) is 17.0 Å². The monoisotopic (exact) mass is 314 g/mol. The van der Waals surface area contributed by atoms with Gasteiger partial charge in [0.15, 0.2) is 0 Å². The fraction of sp³-hybridized carbons (Fsp3) is 0.500. The topological polar surface area (TPSA) is 79.7 Å². The number of urea groups is 1. The Balaban J connectivity index is 2.52. The second kappa shape index (κ2) is 7.99. The molecule has 0 bridgehead atoms. The lowest BCUT2D eigenvalue weighted by molar-refractivity contribution is -0.895. The number of rotatable bonds is 7. The number of hydrogen-bond donors (Lipinski definition) is 3. The van der Waals surface area contributed by atoms with Crippen LogP contribution in [0.5, 0.6) is 0 Å². The van der Waals surface area contributed by atoms with Crippen LogP contribution in [-0.2, 0) is 10.0 Å². The summed E-state index contributed by atoms with van der Waals surface area (Å²) in [5.41, 5.74) is 0.959. The molecule has 21 heavy (non-hydrogen) atoms. The van der Waals surface area contributed by atoms with Crippen molar-refractivity contribution in [2.75, 3.05) is 26.2 Å². The minimum absolute atomic E-state index is 0.0811. The molecule has 0 saturated carbocycles. The lowest BCUT2D eigenvalue weighted by Gasteiger charge is -2.15. The number of nitrogens with one attached hydrogen (secondary N) is 3. The number of likely N-dealkylation sites (N-methyl/N-ethyl adjacent to an activating group) is 1. The third kappa shape index (κ3) is 5.73. The van der Waals surface area contributed by atoms with Crippen LogP contribution in [-0.4, -0.2) is 40.6 Å². The first-order valence-corrected chi connectivity index (χ1v) is 8.58. The first kappa shape index (κ1) is 17.5. The highest BCUT2D eigenvalue weighted by atomic mass is 32.2. The Labute approximate surface area is 126 Å². The molecule has 0 heterocycles. The van der Waals surface area contributed by atoms with Crippen LogP contribution in [0.2, 0.25) is 0 Å². The van der Waals surface area contributed by atoms with Crippen LogP contribution in [0, 0.1) is 6.92 Å². The zero-order valence-corrected chi connectivity index (χ0v) is 13.6. The number of sulfonamides is 1. The number of aryl methyl sites for hydroxylation is 1. The highest BCUT2D eigenvalue weighted by molar-refractivity contribution is 7.90. The average molecular weight is 314 g/mol. The van der Waals surface area contributed by atoms with E-state index in [0.29, 0.717) is 6.54 Å². The summed E-state index contributed by atoms with van der Waals surface area (Å²) in [6, 6.07) is 5.64. The average Bonchev–Trinajstić information content (AvgIpc) is 2.43. The maximum Gasteiger partial charge on any atom is 0.328 e. The normalized spacial score (nSPS) is 11.4. The number of quaternary nitrogens is 1. The summed E-state index contributed by atoms with van der Waals surface area (Å²) < 4.78 is 26.0. The molecule has 0 fully saturated rings. The Morgan fingerprint density at radius 2 is 1.71 bits per heavy atom. The smallest absolute Gasteiger partial charge is 0.328 e. The van der Waals surface area contributed by atoms with E-state index >= 15 is 0 Å². The van der Waals surface area contributed by atoms with Crippen molar-refractivity contribution < 1.29 is 18.1 Å². The molecule has 1 aromatic rings. The predicted octanol–water partition coefficient (Wildman–Crippen LogP) is -0.0924. The Kier molecular flexibility index (Phi) is 6.64. The number of carbonyl (C=O) groups is 1. The van der Waals surface area contributed by atoms with Gasteiger partial charge < -0.3 is 10.2 Å². The molecule has 0 saturated heterocycles. The molecule has 0 aliphatic carbocycles. The second-order valence-corrected chi connectivity index (χ2v) is 6.56. The van der Waals surface area contributed by atoms with Crippen LogP contribution >= 0.6 is 0 Å². The van der Waals surface area contributed by atoms with Crippen molar-refractivity contribution in [3.8, 4) is 0 Å².